The molecular weight excluding hydrogens is 380 g/mol. The zero-order valence-electron chi connectivity index (χ0n) is 18.3. The van der Waals surface area contributed by atoms with E-state index in [4.69, 9.17) is 9.15 Å². The van der Waals surface area contributed by atoms with Gasteiger partial charge in [-0.3, -0.25) is 9.69 Å². The summed E-state index contributed by atoms with van der Waals surface area (Å²) in [5.41, 5.74) is 1.46. The highest BCUT2D eigenvalue weighted by atomic mass is 16.5. The first kappa shape index (κ1) is 20.9. The number of carbonyl (C=O) groups is 1. The maximum absolute atomic E-state index is 13.2. The van der Waals surface area contributed by atoms with Crippen molar-refractivity contribution in [2.75, 3.05) is 37.7 Å². The van der Waals surface area contributed by atoms with Crippen molar-refractivity contribution in [3.8, 4) is 5.75 Å². The molecule has 1 aromatic carbocycles. The third-order valence-electron chi connectivity index (χ3n) is 6.11. The Labute approximate surface area is 177 Å². The Bertz CT molecular complexity index is 973. The first-order valence-corrected chi connectivity index (χ1v) is 11.2. The number of piperidine rings is 1. The number of rotatable bonds is 5. The van der Waals surface area contributed by atoms with Gasteiger partial charge in [0, 0.05) is 25.0 Å². The highest BCUT2D eigenvalue weighted by Gasteiger charge is 2.31. The highest BCUT2D eigenvalue weighted by Crippen LogP contribution is 2.33. The minimum Gasteiger partial charge on any atom is -0.494 e. The molecule has 6 nitrogen and oxygen atoms in total. The Balaban J connectivity index is 1.64. The van der Waals surface area contributed by atoms with Gasteiger partial charge in [-0.25, -0.2) is 4.79 Å². The van der Waals surface area contributed by atoms with Crippen molar-refractivity contribution in [2.45, 2.75) is 46.5 Å². The zero-order valence-corrected chi connectivity index (χ0v) is 18.3. The quantitative estimate of drug-likeness (QED) is 0.698. The first-order chi connectivity index (χ1) is 14.5. The van der Waals surface area contributed by atoms with Gasteiger partial charge in [-0.05, 0) is 61.3 Å². The summed E-state index contributed by atoms with van der Waals surface area (Å²) in [5, 5.41) is 0.871. The summed E-state index contributed by atoms with van der Waals surface area (Å²) in [7, 11) is 0. The van der Waals surface area contributed by atoms with Crippen molar-refractivity contribution >= 4 is 22.6 Å². The molecule has 2 aliphatic rings. The van der Waals surface area contributed by atoms with Gasteiger partial charge in [-0.1, -0.05) is 20.8 Å². The van der Waals surface area contributed by atoms with Crippen LogP contribution in [0, 0.1) is 11.8 Å². The van der Waals surface area contributed by atoms with E-state index >= 15 is 0 Å². The normalized spacial score (nSPS) is 22.2. The molecule has 1 amide bonds. The lowest BCUT2D eigenvalue weighted by molar-refractivity contribution is -0.120. The fourth-order valence-corrected chi connectivity index (χ4v) is 5.04. The molecule has 4 rings (SSSR count). The van der Waals surface area contributed by atoms with Crippen molar-refractivity contribution in [1.82, 2.24) is 4.90 Å². The van der Waals surface area contributed by atoms with Gasteiger partial charge in [0.1, 0.15) is 17.0 Å². The number of carbonyl (C=O) groups excluding carboxylic acids is 1. The highest BCUT2D eigenvalue weighted by molar-refractivity contribution is 5.98. The van der Waals surface area contributed by atoms with Crippen LogP contribution in [0.4, 0.5) is 5.69 Å². The molecule has 3 heterocycles. The van der Waals surface area contributed by atoms with E-state index < -0.39 is 5.63 Å². The lowest BCUT2D eigenvalue weighted by atomic mass is 9.92. The van der Waals surface area contributed by atoms with Gasteiger partial charge in [-0.15, -0.1) is 0 Å². The van der Waals surface area contributed by atoms with E-state index in [2.05, 4.69) is 25.7 Å². The third kappa shape index (κ3) is 4.24. The molecule has 0 aliphatic carbocycles. The van der Waals surface area contributed by atoms with Crippen LogP contribution in [0.5, 0.6) is 5.75 Å². The number of fused-ring (bicyclic) bond motifs is 3. The monoisotopic (exact) mass is 412 g/mol. The van der Waals surface area contributed by atoms with Crippen LogP contribution in [0.2, 0.25) is 0 Å². The Morgan fingerprint density at radius 3 is 2.73 bits per heavy atom. The summed E-state index contributed by atoms with van der Waals surface area (Å²) in [6, 6.07) is 5.56. The standard InChI is InChI=1S/C24H32N2O4/c1-4-10-29-18-7-8-21-20(12-18)19-6-5-9-26(23(19)24(28)30-21)22(27)15-25-13-16(2)11-17(3)14-25/h7-8,12,16-17H,4-6,9-11,13-15H2,1-3H3/t16-,17-/m1/s1. The fourth-order valence-electron chi connectivity index (χ4n) is 5.04. The van der Waals surface area contributed by atoms with Gasteiger partial charge in [0.05, 0.1) is 13.2 Å². The van der Waals surface area contributed by atoms with Crippen LogP contribution in [0.3, 0.4) is 0 Å². The summed E-state index contributed by atoms with van der Waals surface area (Å²) in [5.74, 6) is 1.93. The summed E-state index contributed by atoms with van der Waals surface area (Å²) in [6.45, 7) is 9.96. The summed E-state index contributed by atoms with van der Waals surface area (Å²) >= 11 is 0. The Hall–Kier alpha value is -2.34. The van der Waals surface area contributed by atoms with Crippen LogP contribution in [-0.4, -0.2) is 43.6 Å². The number of ether oxygens (including phenoxy) is 1. The Morgan fingerprint density at radius 1 is 1.23 bits per heavy atom. The van der Waals surface area contributed by atoms with E-state index in [-0.39, 0.29) is 5.91 Å². The molecule has 2 aromatic rings. The minimum atomic E-state index is -0.423. The zero-order chi connectivity index (χ0) is 21.3. The fraction of sp³-hybridized carbons (Fsp3) is 0.583. The number of benzene rings is 1. The van der Waals surface area contributed by atoms with Crippen LogP contribution in [0.1, 0.15) is 45.6 Å². The summed E-state index contributed by atoms with van der Waals surface area (Å²) < 4.78 is 11.4. The summed E-state index contributed by atoms with van der Waals surface area (Å²) in [4.78, 5) is 29.9. The van der Waals surface area contributed by atoms with Gasteiger partial charge in [-0.2, -0.15) is 0 Å². The minimum absolute atomic E-state index is 0.0118. The second-order valence-corrected chi connectivity index (χ2v) is 9.01. The molecule has 30 heavy (non-hydrogen) atoms. The van der Waals surface area contributed by atoms with Gasteiger partial charge in [0.25, 0.3) is 0 Å². The second kappa shape index (κ2) is 8.80. The molecule has 1 aromatic heterocycles. The lowest BCUT2D eigenvalue weighted by Crippen LogP contribution is -2.48. The molecule has 0 spiro atoms. The van der Waals surface area contributed by atoms with Crippen molar-refractivity contribution < 1.29 is 13.9 Å². The Morgan fingerprint density at radius 2 is 2.00 bits per heavy atom. The van der Waals surface area contributed by atoms with Gasteiger partial charge in [0.2, 0.25) is 5.91 Å². The van der Waals surface area contributed by atoms with Crippen LogP contribution >= 0.6 is 0 Å². The van der Waals surface area contributed by atoms with E-state index in [1.807, 2.05) is 12.1 Å². The van der Waals surface area contributed by atoms with Crippen molar-refractivity contribution in [3.63, 3.8) is 0 Å². The van der Waals surface area contributed by atoms with Gasteiger partial charge in [0.15, 0.2) is 0 Å². The SMILES string of the molecule is CCCOc1ccc2oc(=O)c3c(c2c1)CCCN3C(=O)CN1C[C@H](C)C[C@@H](C)C1. The number of hydrogen-bond donors (Lipinski definition) is 0. The largest absolute Gasteiger partial charge is 0.494 e. The third-order valence-corrected chi connectivity index (χ3v) is 6.11. The number of nitrogens with zero attached hydrogens (tertiary/aromatic N) is 2. The topological polar surface area (TPSA) is 63.0 Å². The number of anilines is 1. The van der Waals surface area contributed by atoms with Crippen molar-refractivity contribution in [1.29, 1.82) is 0 Å². The molecule has 0 bridgehead atoms. The van der Waals surface area contributed by atoms with Crippen LogP contribution < -0.4 is 15.3 Å². The molecule has 6 heteroatoms. The van der Waals surface area contributed by atoms with Gasteiger partial charge >= 0.3 is 5.63 Å². The summed E-state index contributed by atoms with van der Waals surface area (Å²) in [6.07, 6.45) is 3.73. The van der Waals surface area contributed by atoms with Gasteiger partial charge < -0.3 is 14.1 Å². The molecule has 1 fully saturated rings. The average molecular weight is 413 g/mol. The maximum atomic E-state index is 13.2. The lowest BCUT2D eigenvalue weighted by Gasteiger charge is -2.36. The van der Waals surface area contributed by atoms with Crippen LogP contribution in [0.25, 0.3) is 11.0 Å². The van der Waals surface area contributed by atoms with E-state index in [0.717, 1.165) is 49.1 Å². The first-order valence-electron chi connectivity index (χ1n) is 11.2. The smallest absolute Gasteiger partial charge is 0.360 e. The van der Waals surface area contributed by atoms with Crippen LogP contribution in [-0.2, 0) is 11.2 Å². The molecule has 0 N–H and O–H groups in total. The predicted molar refractivity (Wildman–Crippen MR) is 118 cm³/mol. The molecule has 2 atom stereocenters. The van der Waals surface area contributed by atoms with Crippen molar-refractivity contribution in [3.05, 3.63) is 34.2 Å². The van der Waals surface area contributed by atoms with E-state index in [0.29, 0.717) is 42.8 Å². The molecular formula is C24H32N2O4. The molecule has 0 radical (unpaired) electrons. The van der Waals surface area contributed by atoms with Crippen LogP contribution in [0.15, 0.2) is 27.4 Å². The molecule has 2 aliphatic heterocycles. The maximum Gasteiger partial charge on any atom is 0.360 e. The van der Waals surface area contributed by atoms with E-state index in [1.165, 1.54) is 6.42 Å². The predicted octanol–water partition coefficient (Wildman–Crippen LogP) is 3.84. The number of aryl methyl sites for hydroxylation is 1. The number of hydrogen-bond acceptors (Lipinski definition) is 5. The molecule has 162 valence electrons. The molecule has 0 saturated carbocycles. The van der Waals surface area contributed by atoms with Crippen molar-refractivity contribution in [2.24, 2.45) is 11.8 Å². The Kier molecular flexibility index (Phi) is 6.14. The van der Waals surface area contributed by atoms with E-state index in [1.54, 1.807) is 11.0 Å². The molecule has 0 unspecified atom stereocenters. The number of likely N-dealkylation sites (tertiary alicyclic amines) is 1. The number of amides is 1. The average Bonchev–Trinajstić information content (AvgIpc) is 2.71. The molecule has 1 saturated heterocycles. The van der Waals surface area contributed by atoms with E-state index in [9.17, 15) is 9.59 Å². The second-order valence-electron chi connectivity index (χ2n) is 9.01.